The highest BCUT2D eigenvalue weighted by Gasteiger charge is 2.30. The number of amides is 1. The van der Waals surface area contributed by atoms with Crippen LogP contribution in [0.25, 0.3) is 11.0 Å². The lowest BCUT2D eigenvalue weighted by Gasteiger charge is -2.33. The van der Waals surface area contributed by atoms with Crippen LogP contribution in [0.5, 0.6) is 0 Å². The number of benzene rings is 1. The van der Waals surface area contributed by atoms with Crippen LogP contribution in [-0.2, 0) is 0 Å². The molecule has 3 N–H and O–H groups in total. The third kappa shape index (κ3) is 3.47. The molecule has 0 radical (unpaired) electrons. The molecule has 0 bridgehead atoms. The molecular formula is C16H22BrClN2O2. The number of aryl methyl sites for hydroxylation is 1. The van der Waals surface area contributed by atoms with Gasteiger partial charge >= 0.3 is 0 Å². The van der Waals surface area contributed by atoms with Crippen molar-refractivity contribution in [2.45, 2.75) is 33.2 Å². The number of halogens is 2. The molecule has 0 fully saturated rings. The van der Waals surface area contributed by atoms with Gasteiger partial charge in [-0.2, -0.15) is 0 Å². The van der Waals surface area contributed by atoms with E-state index in [4.69, 9.17) is 10.2 Å². The van der Waals surface area contributed by atoms with Gasteiger partial charge in [0.25, 0.3) is 5.91 Å². The van der Waals surface area contributed by atoms with Gasteiger partial charge in [0.15, 0.2) is 5.76 Å². The van der Waals surface area contributed by atoms with E-state index in [0.29, 0.717) is 17.9 Å². The standard InChI is InChI=1S/C16H21BrN2O2.ClH/c1-9(2)16(4,8-18)19-15(20)14-10(3)12-7-11(17)5-6-13(12)21-14;/h5-7,9H,8,18H2,1-4H3,(H,19,20);1H. The third-order valence-electron chi connectivity index (χ3n) is 4.20. The molecule has 1 heterocycles. The smallest absolute Gasteiger partial charge is 0.287 e. The zero-order valence-electron chi connectivity index (χ0n) is 13.2. The van der Waals surface area contributed by atoms with E-state index in [9.17, 15) is 4.79 Å². The summed E-state index contributed by atoms with van der Waals surface area (Å²) in [7, 11) is 0. The van der Waals surface area contributed by atoms with Gasteiger partial charge in [-0.3, -0.25) is 4.79 Å². The molecule has 0 saturated heterocycles. The first kappa shape index (κ1) is 19.0. The van der Waals surface area contributed by atoms with Crippen molar-refractivity contribution >= 4 is 45.2 Å². The Bertz CT molecular complexity index is 684. The summed E-state index contributed by atoms with van der Waals surface area (Å²) >= 11 is 3.43. The normalized spacial score (nSPS) is 13.8. The number of nitrogens with one attached hydrogen (secondary N) is 1. The van der Waals surface area contributed by atoms with Crippen molar-refractivity contribution in [1.82, 2.24) is 5.32 Å². The zero-order chi connectivity index (χ0) is 15.8. The molecule has 1 amide bonds. The minimum absolute atomic E-state index is 0. The molecule has 122 valence electrons. The Labute approximate surface area is 145 Å². The van der Waals surface area contributed by atoms with Crippen LogP contribution in [0.2, 0.25) is 0 Å². The first-order valence-electron chi connectivity index (χ1n) is 6.99. The van der Waals surface area contributed by atoms with Crippen LogP contribution in [0.3, 0.4) is 0 Å². The van der Waals surface area contributed by atoms with E-state index in [-0.39, 0.29) is 24.2 Å². The van der Waals surface area contributed by atoms with Crippen LogP contribution >= 0.6 is 28.3 Å². The zero-order valence-corrected chi connectivity index (χ0v) is 15.6. The van der Waals surface area contributed by atoms with Crippen LogP contribution in [-0.4, -0.2) is 18.0 Å². The minimum atomic E-state index is -0.455. The number of carbonyl (C=O) groups excluding carboxylic acids is 1. The van der Waals surface area contributed by atoms with Crippen molar-refractivity contribution in [1.29, 1.82) is 0 Å². The predicted molar refractivity (Wildman–Crippen MR) is 95.7 cm³/mol. The monoisotopic (exact) mass is 388 g/mol. The Morgan fingerprint density at radius 2 is 2.09 bits per heavy atom. The van der Waals surface area contributed by atoms with Crippen LogP contribution in [0, 0.1) is 12.8 Å². The average Bonchev–Trinajstić information content (AvgIpc) is 2.75. The highest BCUT2D eigenvalue weighted by Crippen LogP contribution is 2.28. The number of hydrogen-bond acceptors (Lipinski definition) is 3. The molecule has 6 heteroatoms. The largest absolute Gasteiger partial charge is 0.451 e. The summed E-state index contributed by atoms with van der Waals surface area (Å²) in [6.45, 7) is 8.29. The Hall–Kier alpha value is -1.04. The number of hydrogen-bond donors (Lipinski definition) is 2. The van der Waals surface area contributed by atoms with Gasteiger partial charge in [-0.25, -0.2) is 0 Å². The van der Waals surface area contributed by atoms with Gasteiger partial charge in [0.2, 0.25) is 0 Å². The summed E-state index contributed by atoms with van der Waals surface area (Å²) in [5.41, 5.74) is 6.91. The molecule has 0 aliphatic heterocycles. The van der Waals surface area contributed by atoms with E-state index in [2.05, 4.69) is 21.2 Å². The van der Waals surface area contributed by atoms with Crippen LogP contribution < -0.4 is 11.1 Å². The molecule has 0 spiro atoms. The predicted octanol–water partition coefficient (Wildman–Crippen LogP) is 4.03. The number of nitrogens with two attached hydrogens (primary N) is 1. The van der Waals surface area contributed by atoms with Crippen LogP contribution in [0.4, 0.5) is 0 Å². The second-order valence-corrected chi connectivity index (χ2v) is 6.84. The maximum atomic E-state index is 12.5. The second-order valence-electron chi connectivity index (χ2n) is 5.93. The van der Waals surface area contributed by atoms with Gasteiger partial charge < -0.3 is 15.5 Å². The van der Waals surface area contributed by atoms with Gasteiger partial charge in [-0.1, -0.05) is 29.8 Å². The summed E-state index contributed by atoms with van der Waals surface area (Å²) in [6.07, 6.45) is 0. The topological polar surface area (TPSA) is 68.3 Å². The van der Waals surface area contributed by atoms with E-state index >= 15 is 0 Å². The maximum absolute atomic E-state index is 12.5. The number of fused-ring (bicyclic) bond motifs is 1. The van der Waals surface area contributed by atoms with E-state index in [1.54, 1.807) is 0 Å². The van der Waals surface area contributed by atoms with Crippen molar-refractivity contribution in [3.8, 4) is 0 Å². The third-order valence-corrected chi connectivity index (χ3v) is 4.70. The summed E-state index contributed by atoms with van der Waals surface area (Å²) in [5.74, 6) is 0.357. The molecule has 0 aliphatic rings. The average molecular weight is 390 g/mol. The van der Waals surface area contributed by atoms with Crippen molar-refractivity contribution in [3.05, 3.63) is 34.0 Å². The van der Waals surface area contributed by atoms with E-state index in [1.807, 2.05) is 45.9 Å². The fourth-order valence-corrected chi connectivity index (χ4v) is 2.52. The molecule has 4 nitrogen and oxygen atoms in total. The van der Waals surface area contributed by atoms with Gasteiger partial charge in [0.05, 0.1) is 5.54 Å². The fourth-order valence-electron chi connectivity index (χ4n) is 2.16. The Balaban J connectivity index is 0.00000242. The van der Waals surface area contributed by atoms with Gasteiger partial charge in [0.1, 0.15) is 5.58 Å². The van der Waals surface area contributed by atoms with E-state index < -0.39 is 5.54 Å². The lowest BCUT2D eigenvalue weighted by Crippen LogP contribution is -2.55. The molecule has 2 aromatic rings. The SMILES string of the molecule is Cc1c(C(=O)NC(C)(CN)C(C)C)oc2ccc(Br)cc12.Cl. The van der Waals surface area contributed by atoms with Crippen molar-refractivity contribution in [2.75, 3.05) is 6.54 Å². The Morgan fingerprint density at radius 3 is 2.64 bits per heavy atom. The molecule has 0 saturated carbocycles. The van der Waals surface area contributed by atoms with Crippen LogP contribution in [0.15, 0.2) is 27.1 Å². The molecule has 1 atom stereocenters. The number of rotatable bonds is 4. The van der Waals surface area contributed by atoms with Crippen molar-refractivity contribution in [3.63, 3.8) is 0 Å². The molecule has 1 unspecified atom stereocenters. The Morgan fingerprint density at radius 1 is 1.45 bits per heavy atom. The molecule has 0 aliphatic carbocycles. The van der Waals surface area contributed by atoms with Crippen LogP contribution in [0.1, 0.15) is 36.9 Å². The lowest BCUT2D eigenvalue weighted by atomic mass is 9.88. The summed E-state index contributed by atoms with van der Waals surface area (Å²) in [4.78, 5) is 12.5. The summed E-state index contributed by atoms with van der Waals surface area (Å²) in [6, 6.07) is 5.70. The molecule has 2 rings (SSSR count). The van der Waals surface area contributed by atoms with Gasteiger partial charge in [0, 0.05) is 22.0 Å². The summed E-state index contributed by atoms with van der Waals surface area (Å²) < 4.78 is 6.67. The first-order chi connectivity index (χ1) is 9.78. The first-order valence-corrected chi connectivity index (χ1v) is 7.79. The van der Waals surface area contributed by atoms with Crippen molar-refractivity contribution in [2.24, 2.45) is 11.7 Å². The quantitative estimate of drug-likeness (QED) is 0.829. The van der Waals surface area contributed by atoms with Gasteiger partial charge in [-0.05, 0) is 38.0 Å². The Kier molecular flexibility index (Phi) is 6.07. The number of furan rings is 1. The highest BCUT2D eigenvalue weighted by molar-refractivity contribution is 9.10. The maximum Gasteiger partial charge on any atom is 0.287 e. The second kappa shape index (κ2) is 7.02. The number of carbonyl (C=O) groups is 1. The molecule has 22 heavy (non-hydrogen) atoms. The summed E-state index contributed by atoms with van der Waals surface area (Å²) in [5, 5.41) is 3.94. The molecular weight excluding hydrogens is 368 g/mol. The molecule has 1 aromatic carbocycles. The van der Waals surface area contributed by atoms with E-state index in [0.717, 1.165) is 15.4 Å². The van der Waals surface area contributed by atoms with Crippen molar-refractivity contribution < 1.29 is 9.21 Å². The molecule has 1 aromatic heterocycles. The highest BCUT2D eigenvalue weighted by atomic mass is 79.9. The lowest BCUT2D eigenvalue weighted by molar-refractivity contribution is 0.0856. The fraction of sp³-hybridized carbons (Fsp3) is 0.438. The van der Waals surface area contributed by atoms with E-state index in [1.165, 1.54) is 0 Å². The minimum Gasteiger partial charge on any atom is -0.451 e. The van der Waals surface area contributed by atoms with Gasteiger partial charge in [-0.15, -0.1) is 12.4 Å².